The third-order valence-corrected chi connectivity index (χ3v) is 11.0. The number of allylic oxidation sites excluding steroid dienone is 1. The zero-order chi connectivity index (χ0) is 23.5. The molecule has 4 aliphatic rings. The van der Waals surface area contributed by atoms with Crippen molar-refractivity contribution in [1.82, 2.24) is 4.72 Å². The Hall–Kier alpha value is -0.430. The van der Waals surface area contributed by atoms with Crippen molar-refractivity contribution in [1.29, 1.82) is 0 Å². The zero-order valence-corrected chi connectivity index (χ0v) is 21.5. The number of hydrogen-bond donors (Lipinski definition) is 3. The molecule has 0 radical (unpaired) electrons. The van der Waals surface area contributed by atoms with Gasteiger partial charge in [-0.05, 0) is 118 Å². The van der Waals surface area contributed by atoms with E-state index >= 15 is 0 Å². The molecule has 0 aromatic rings. The summed E-state index contributed by atoms with van der Waals surface area (Å²) in [7, 11) is -4.15. The molecule has 0 amide bonds. The second-order valence-corrected chi connectivity index (χ2v) is 14.0. The van der Waals surface area contributed by atoms with E-state index in [2.05, 4.69) is 31.6 Å². The van der Waals surface area contributed by atoms with Gasteiger partial charge in [0.05, 0.1) is 5.60 Å². The number of hydrogen-bond acceptors (Lipinski definition) is 3. The van der Waals surface area contributed by atoms with E-state index in [1.807, 2.05) is 13.8 Å². The van der Waals surface area contributed by atoms with Crippen LogP contribution < -0.4 is 4.72 Å². The molecule has 3 fully saturated rings. The predicted molar refractivity (Wildman–Crippen MR) is 128 cm³/mol. The molecular formula is C26H45NO4S. The molecule has 0 bridgehead atoms. The van der Waals surface area contributed by atoms with Gasteiger partial charge in [0, 0.05) is 6.04 Å². The first-order valence-electron chi connectivity index (χ1n) is 12.9. The van der Waals surface area contributed by atoms with E-state index in [0.717, 1.165) is 56.3 Å². The summed E-state index contributed by atoms with van der Waals surface area (Å²) < 4.78 is 34.3. The van der Waals surface area contributed by atoms with Crippen LogP contribution in [-0.2, 0) is 10.3 Å². The number of aliphatic hydroxyl groups is 1. The fourth-order valence-corrected chi connectivity index (χ4v) is 9.35. The SMILES string of the molecule is CC(CCC(C)(C)O)[C@H]1CCC2C3CC=C4C[C@@H](NS(=O)(=O)O)CC[C@]4(C)C3CC[C@@]21C. The molecule has 0 saturated heterocycles. The quantitative estimate of drug-likeness (QED) is 0.355. The van der Waals surface area contributed by atoms with Crippen LogP contribution in [0.3, 0.4) is 0 Å². The molecule has 32 heavy (non-hydrogen) atoms. The fraction of sp³-hybridized carbons (Fsp3) is 0.923. The maximum atomic E-state index is 11.3. The molecule has 0 aromatic carbocycles. The largest absolute Gasteiger partial charge is 0.390 e. The summed E-state index contributed by atoms with van der Waals surface area (Å²) in [6.07, 6.45) is 13.3. The van der Waals surface area contributed by atoms with Crippen LogP contribution in [0.4, 0.5) is 0 Å². The number of rotatable bonds is 6. The van der Waals surface area contributed by atoms with E-state index in [1.165, 1.54) is 31.3 Å². The van der Waals surface area contributed by atoms with Gasteiger partial charge in [-0.3, -0.25) is 4.55 Å². The molecule has 0 aliphatic heterocycles. The van der Waals surface area contributed by atoms with Gasteiger partial charge in [-0.2, -0.15) is 13.1 Å². The van der Waals surface area contributed by atoms with Gasteiger partial charge in [-0.15, -0.1) is 0 Å². The third kappa shape index (κ3) is 4.58. The Labute approximate surface area is 195 Å². The Bertz CT molecular complexity index is 846. The van der Waals surface area contributed by atoms with Gasteiger partial charge in [-0.1, -0.05) is 32.4 Å². The number of nitrogens with one attached hydrogen (secondary N) is 1. The predicted octanol–water partition coefficient (Wildman–Crippen LogP) is 5.51. The van der Waals surface area contributed by atoms with Crippen LogP contribution in [0.5, 0.6) is 0 Å². The summed E-state index contributed by atoms with van der Waals surface area (Å²) in [5.74, 6) is 3.61. The highest BCUT2D eigenvalue weighted by Gasteiger charge is 2.59. The van der Waals surface area contributed by atoms with Crippen LogP contribution >= 0.6 is 0 Å². The van der Waals surface area contributed by atoms with Crippen LogP contribution in [0.25, 0.3) is 0 Å². The monoisotopic (exact) mass is 467 g/mol. The van der Waals surface area contributed by atoms with Crippen molar-refractivity contribution < 1.29 is 18.1 Å². The Morgan fingerprint density at radius 1 is 1.16 bits per heavy atom. The number of fused-ring (bicyclic) bond motifs is 5. The third-order valence-electron chi connectivity index (χ3n) is 10.4. The lowest BCUT2D eigenvalue weighted by atomic mass is 9.47. The van der Waals surface area contributed by atoms with Gasteiger partial charge < -0.3 is 5.11 Å². The van der Waals surface area contributed by atoms with Gasteiger partial charge in [0.15, 0.2) is 0 Å². The van der Waals surface area contributed by atoms with Crippen molar-refractivity contribution in [3.63, 3.8) is 0 Å². The molecule has 0 heterocycles. The minimum absolute atomic E-state index is 0.173. The molecule has 0 aromatic heterocycles. The Morgan fingerprint density at radius 3 is 2.53 bits per heavy atom. The topological polar surface area (TPSA) is 86.6 Å². The van der Waals surface area contributed by atoms with E-state index in [9.17, 15) is 18.1 Å². The van der Waals surface area contributed by atoms with Gasteiger partial charge in [-0.25, -0.2) is 0 Å². The molecule has 5 nitrogen and oxygen atoms in total. The average molecular weight is 468 g/mol. The maximum Gasteiger partial charge on any atom is 0.333 e. The maximum absolute atomic E-state index is 11.3. The second-order valence-electron chi connectivity index (χ2n) is 12.8. The first-order chi connectivity index (χ1) is 14.7. The highest BCUT2D eigenvalue weighted by molar-refractivity contribution is 7.83. The average Bonchev–Trinajstić information content (AvgIpc) is 3.02. The van der Waals surface area contributed by atoms with Gasteiger partial charge >= 0.3 is 10.3 Å². The first-order valence-corrected chi connectivity index (χ1v) is 14.3. The molecule has 8 atom stereocenters. The van der Waals surface area contributed by atoms with Gasteiger partial charge in [0.2, 0.25) is 0 Å². The second kappa shape index (κ2) is 8.35. The normalized spacial score (nSPS) is 43.1. The smallest absolute Gasteiger partial charge is 0.333 e. The lowest BCUT2D eigenvalue weighted by molar-refractivity contribution is -0.0526. The van der Waals surface area contributed by atoms with Crippen LogP contribution in [0.2, 0.25) is 0 Å². The van der Waals surface area contributed by atoms with E-state index in [1.54, 1.807) is 0 Å². The van der Waals surface area contributed by atoms with E-state index in [0.29, 0.717) is 17.3 Å². The molecule has 4 unspecified atom stereocenters. The lowest BCUT2D eigenvalue weighted by Crippen LogP contribution is -2.52. The molecule has 0 spiro atoms. The first kappa shape index (κ1) is 24.7. The lowest BCUT2D eigenvalue weighted by Gasteiger charge is -2.58. The summed E-state index contributed by atoms with van der Waals surface area (Å²) in [6, 6.07) is -0.179. The van der Waals surface area contributed by atoms with Crippen LogP contribution in [-0.4, -0.2) is 29.7 Å². The Balaban J connectivity index is 1.49. The van der Waals surface area contributed by atoms with Crippen LogP contribution in [0, 0.1) is 40.4 Å². The molecule has 4 rings (SSSR count). The summed E-state index contributed by atoms with van der Waals surface area (Å²) in [4.78, 5) is 0. The summed E-state index contributed by atoms with van der Waals surface area (Å²) >= 11 is 0. The molecule has 3 saturated carbocycles. The molecule has 6 heteroatoms. The summed E-state index contributed by atoms with van der Waals surface area (Å²) in [5, 5.41) is 10.2. The van der Waals surface area contributed by atoms with Gasteiger partial charge in [0.25, 0.3) is 0 Å². The van der Waals surface area contributed by atoms with Crippen molar-refractivity contribution in [2.75, 3.05) is 0 Å². The van der Waals surface area contributed by atoms with Crippen molar-refractivity contribution >= 4 is 10.3 Å². The molecular weight excluding hydrogens is 422 g/mol. The Kier molecular flexibility index (Phi) is 6.44. The molecule has 184 valence electrons. The summed E-state index contributed by atoms with van der Waals surface area (Å²) in [5.41, 5.74) is 1.42. The molecule has 3 N–H and O–H groups in total. The van der Waals surface area contributed by atoms with Crippen LogP contribution in [0.1, 0.15) is 98.8 Å². The zero-order valence-electron chi connectivity index (χ0n) is 20.7. The summed E-state index contributed by atoms with van der Waals surface area (Å²) in [6.45, 7) is 11.3. The highest BCUT2D eigenvalue weighted by Crippen LogP contribution is 2.67. The van der Waals surface area contributed by atoms with Crippen molar-refractivity contribution in [3.05, 3.63) is 11.6 Å². The standard InChI is InChI=1S/C26H45NO4S/c1-17(10-13-24(2,3)28)21-8-9-22-20-7-6-18-16-19(27-32(29,30)31)11-14-25(18,4)23(20)12-15-26(21,22)5/h6,17,19-23,27-28H,7-16H2,1-5H3,(H,29,30,31)/t17?,19-,20?,21+,22?,23?,25-,26+/m0/s1. The minimum atomic E-state index is -4.15. The van der Waals surface area contributed by atoms with Crippen molar-refractivity contribution in [2.45, 2.75) is 110 Å². The highest BCUT2D eigenvalue weighted by atomic mass is 32.2. The Morgan fingerprint density at radius 2 is 1.88 bits per heavy atom. The van der Waals surface area contributed by atoms with E-state index in [-0.39, 0.29) is 11.5 Å². The van der Waals surface area contributed by atoms with Crippen molar-refractivity contribution in [3.8, 4) is 0 Å². The van der Waals surface area contributed by atoms with Crippen molar-refractivity contribution in [2.24, 2.45) is 40.4 Å². The fourth-order valence-electron chi connectivity index (χ4n) is 8.73. The molecule has 4 aliphatic carbocycles. The minimum Gasteiger partial charge on any atom is -0.390 e. The van der Waals surface area contributed by atoms with E-state index < -0.39 is 15.9 Å². The van der Waals surface area contributed by atoms with Gasteiger partial charge in [0.1, 0.15) is 0 Å². The van der Waals surface area contributed by atoms with E-state index in [4.69, 9.17) is 0 Å². The van der Waals surface area contributed by atoms with Crippen LogP contribution in [0.15, 0.2) is 11.6 Å².